The van der Waals surface area contributed by atoms with Crippen LogP contribution in [0.15, 0.2) is 18.3 Å². The van der Waals surface area contributed by atoms with Crippen molar-refractivity contribution >= 4 is 23.2 Å². The molecule has 6 heteroatoms. The van der Waals surface area contributed by atoms with E-state index >= 15 is 0 Å². The van der Waals surface area contributed by atoms with Crippen LogP contribution in [0.3, 0.4) is 0 Å². The first-order valence-corrected chi connectivity index (χ1v) is 4.25. The van der Waals surface area contributed by atoms with Gasteiger partial charge >= 0.3 is 5.97 Å². The molecular weight excluding hydrogens is 206 g/mol. The van der Waals surface area contributed by atoms with Crippen molar-refractivity contribution in [3.63, 3.8) is 0 Å². The summed E-state index contributed by atoms with van der Waals surface area (Å²) in [5, 5.41) is 16.7. The lowest BCUT2D eigenvalue weighted by Crippen LogP contribution is -2.04. The maximum Gasteiger partial charge on any atom is 0.311 e. The third-order valence-electron chi connectivity index (χ3n) is 1.75. The first kappa shape index (κ1) is 8.96. The highest BCUT2D eigenvalue weighted by atomic mass is 35.5. The van der Waals surface area contributed by atoms with Crippen LogP contribution in [0.25, 0.3) is 5.65 Å². The van der Waals surface area contributed by atoms with E-state index in [1.54, 1.807) is 22.7 Å². The van der Waals surface area contributed by atoms with Crippen molar-refractivity contribution in [2.24, 2.45) is 0 Å². The molecule has 1 N–H and O–H groups in total. The van der Waals surface area contributed by atoms with Gasteiger partial charge in [-0.3, -0.25) is 9.20 Å². The molecule has 0 amide bonds. The number of nitrogens with zero attached hydrogens (tertiary/aromatic N) is 3. The molecule has 0 aliphatic heterocycles. The first-order valence-electron chi connectivity index (χ1n) is 3.88. The molecule has 2 aromatic rings. The fourth-order valence-corrected chi connectivity index (χ4v) is 1.33. The van der Waals surface area contributed by atoms with E-state index in [0.29, 0.717) is 16.5 Å². The number of hydrogen-bond acceptors (Lipinski definition) is 3. The minimum Gasteiger partial charge on any atom is -0.481 e. The van der Waals surface area contributed by atoms with Crippen molar-refractivity contribution in [2.45, 2.75) is 6.42 Å². The molecular formula is C8H6ClN3O2. The minimum atomic E-state index is -0.945. The number of fused-ring (bicyclic) bond motifs is 1. The fraction of sp³-hybridized carbons (Fsp3) is 0.125. The Morgan fingerprint density at radius 3 is 3.00 bits per heavy atom. The van der Waals surface area contributed by atoms with Gasteiger partial charge in [-0.05, 0) is 12.1 Å². The lowest BCUT2D eigenvalue weighted by molar-refractivity contribution is -0.136. The van der Waals surface area contributed by atoms with Gasteiger partial charge in [-0.25, -0.2) is 0 Å². The molecule has 2 rings (SSSR count). The topological polar surface area (TPSA) is 67.5 Å². The largest absolute Gasteiger partial charge is 0.481 e. The number of carbonyl (C=O) groups is 1. The average Bonchev–Trinajstić information content (AvgIpc) is 2.47. The molecule has 0 aliphatic rings. The molecule has 2 aromatic heterocycles. The molecule has 0 aliphatic carbocycles. The highest BCUT2D eigenvalue weighted by Crippen LogP contribution is 2.11. The maximum atomic E-state index is 10.5. The van der Waals surface area contributed by atoms with Gasteiger partial charge in [0.2, 0.25) is 0 Å². The zero-order chi connectivity index (χ0) is 10.1. The molecule has 2 heterocycles. The normalized spacial score (nSPS) is 10.6. The molecule has 0 saturated carbocycles. The van der Waals surface area contributed by atoms with Crippen LogP contribution in [-0.2, 0) is 11.2 Å². The van der Waals surface area contributed by atoms with Gasteiger partial charge in [-0.1, -0.05) is 11.6 Å². The van der Waals surface area contributed by atoms with Crippen molar-refractivity contribution in [3.05, 3.63) is 29.2 Å². The van der Waals surface area contributed by atoms with Gasteiger partial charge in [0.05, 0.1) is 5.02 Å². The maximum absolute atomic E-state index is 10.5. The second-order valence-corrected chi connectivity index (χ2v) is 3.20. The van der Waals surface area contributed by atoms with Gasteiger partial charge in [0.25, 0.3) is 0 Å². The molecule has 14 heavy (non-hydrogen) atoms. The monoisotopic (exact) mass is 211 g/mol. The van der Waals surface area contributed by atoms with E-state index in [1.165, 1.54) is 0 Å². The number of aromatic nitrogens is 3. The number of hydrogen-bond donors (Lipinski definition) is 1. The molecule has 72 valence electrons. The Hall–Kier alpha value is -1.62. The Kier molecular flexibility index (Phi) is 2.09. The van der Waals surface area contributed by atoms with Crippen molar-refractivity contribution < 1.29 is 9.90 Å². The fourth-order valence-electron chi connectivity index (χ4n) is 1.17. The summed E-state index contributed by atoms with van der Waals surface area (Å²) < 4.78 is 1.57. The number of halogens is 1. The Morgan fingerprint density at radius 1 is 1.50 bits per heavy atom. The van der Waals surface area contributed by atoms with Gasteiger partial charge in [-0.2, -0.15) is 0 Å². The van der Waals surface area contributed by atoms with E-state index in [-0.39, 0.29) is 6.42 Å². The summed E-state index contributed by atoms with van der Waals surface area (Å²) in [7, 11) is 0. The lowest BCUT2D eigenvalue weighted by atomic mass is 10.4. The second-order valence-electron chi connectivity index (χ2n) is 2.76. The number of pyridine rings is 1. The van der Waals surface area contributed by atoms with Gasteiger partial charge in [-0.15, -0.1) is 10.2 Å². The Morgan fingerprint density at radius 2 is 2.29 bits per heavy atom. The van der Waals surface area contributed by atoms with Gasteiger partial charge in [0.15, 0.2) is 5.65 Å². The quantitative estimate of drug-likeness (QED) is 0.805. The van der Waals surface area contributed by atoms with E-state index in [1.807, 2.05) is 0 Å². The third-order valence-corrected chi connectivity index (χ3v) is 1.97. The molecule has 0 atom stereocenters. The first-order chi connectivity index (χ1) is 6.66. The predicted octanol–water partition coefficient (Wildman–Crippen LogP) is 1.01. The average molecular weight is 212 g/mol. The van der Waals surface area contributed by atoms with E-state index < -0.39 is 5.97 Å². The summed E-state index contributed by atoms with van der Waals surface area (Å²) in [6.07, 6.45) is 1.43. The van der Waals surface area contributed by atoms with Crippen LogP contribution in [-0.4, -0.2) is 25.7 Å². The molecule has 0 unspecified atom stereocenters. The van der Waals surface area contributed by atoms with Gasteiger partial charge < -0.3 is 5.11 Å². The smallest absolute Gasteiger partial charge is 0.311 e. The Labute approximate surface area is 83.9 Å². The van der Waals surface area contributed by atoms with Crippen molar-refractivity contribution in [2.75, 3.05) is 0 Å². The molecule has 0 radical (unpaired) electrons. The van der Waals surface area contributed by atoms with Crippen LogP contribution < -0.4 is 0 Å². The van der Waals surface area contributed by atoms with E-state index in [9.17, 15) is 4.79 Å². The van der Waals surface area contributed by atoms with Crippen LogP contribution in [0.1, 0.15) is 5.82 Å². The van der Waals surface area contributed by atoms with Crippen molar-refractivity contribution in [1.29, 1.82) is 0 Å². The summed E-state index contributed by atoms with van der Waals surface area (Å²) in [6, 6.07) is 3.36. The SMILES string of the molecule is O=C(O)Cc1nnc2ccc(Cl)cn12. The lowest BCUT2D eigenvalue weighted by Gasteiger charge is -1.96. The summed E-state index contributed by atoms with van der Waals surface area (Å²) in [6.45, 7) is 0. The van der Waals surface area contributed by atoms with E-state index in [0.717, 1.165) is 0 Å². The molecule has 0 aromatic carbocycles. The van der Waals surface area contributed by atoms with Gasteiger partial charge in [0.1, 0.15) is 12.2 Å². The van der Waals surface area contributed by atoms with E-state index in [2.05, 4.69) is 10.2 Å². The summed E-state index contributed by atoms with van der Waals surface area (Å²) in [4.78, 5) is 10.5. The molecule has 0 spiro atoms. The summed E-state index contributed by atoms with van der Waals surface area (Å²) in [5.41, 5.74) is 0.589. The summed E-state index contributed by atoms with van der Waals surface area (Å²) in [5.74, 6) is -0.575. The van der Waals surface area contributed by atoms with Crippen LogP contribution >= 0.6 is 11.6 Å². The van der Waals surface area contributed by atoms with Crippen LogP contribution in [0.5, 0.6) is 0 Å². The zero-order valence-electron chi connectivity index (χ0n) is 7.01. The number of carboxylic acids is 1. The van der Waals surface area contributed by atoms with Crippen molar-refractivity contribution in [1.82, 2.24) is 14.6 Å². The number of carboxylic acid groups (broad SMARTS) is 1. The van der Waals surface area contributed by atoms with Crippen LogP contribution in [0, 0.1) is 0 Å². The summed E-state index contributed by atoms with van der Waals surface area (Å²) >= 11 is 5.76. The zero-order valence-corrected chi connectivity index (χ0v) is 7.77. The second kappa shape index (κ2) is 3.26. The Balaban J connectivity index is 2.55. The van der Waals surface area contributed by atoms with Crippen LogP contribution in [0.2, 0.25) is 5.02 Å². The molecule has 0 bridgehead atoms. The predicted molar refractivity (Wildman–Crippen MR) is 49.3 cm³/mol. The molecule has 5 nitrogen and oxygen atoms in total. The molecule has 0 fully saturated rings. The molecule has 0 saturated heterocycles. The van der Waals surface area contributed by atoms with Gasteiger partial charge in [0, 0.05) is 6.20 Å². The Bertz CT molecular complexity index is 494. The van der Waals surface area contributed by atoms with Crippen LogP contribution in [0.4, 0.5) is 0 Å². The van der Waals surface area contributed by atoms with E-state index in [4.69, 9.17) is 16.7 Å². The minimum absolute atomic E-state index is 0.165. The third kappa shape index (κ3) is 1.54. The highest BCUT2D eigenvalue weighted by Gasteiger charge is 2.08. The number of rotatable bonds is 2. The van der Waals surface area contributed by atoms with Crippen molar-refractivity contribution in [3.8, 4) is 0 Å². The highest BCUT2D eigenvalue weighted by molar-refractivity contribution is 6.30. The standard InChI is InChI=1S/C8H6ClN3O2/c9-5-1-2-6-10-11-7(3-8(13)14)12(6)4-5/h1-2,4H,3H2,(H,13,14). The number of aliphatic carboxylic acids is 1.